The van der Waals surface area contributed by atoms with E-state index in [1.54, 1.807) is 0 Å². The van der Waals surface area contributed by atoms with E-state index in [1.807, 2.05) is 0 Å². The average Bonchev–Trinajstić information content (AvgIpc) is 2.96. The summed E-state index contributed by atoms with van der Waals surface area (Å²) < 4.78 is 1.24. The largest absolute Gasteiger partial charge is 1.00 e. The van der Waals surface area contributed by atoms with Gasteiger partial charge >= 0.3 is 0 Å². The van der Waals surface area contributed by atoms with Crippen molar-refractivity contribution in [3.63, 3.8) is 0 Å². The van der Waals surface area contributed by atoms with Crippen LogP contribution < -0.4 is 12.4 Å². The summed E-state index contributed by atoms with van der Waals surface area (Å²) in [5.41, 5.74) is 1.52. The van der Waals surface area contributed by atoms with Crippen LogP contribution in [0.1, 0.15) is 193 Å². The van der Waals surface area contributed by atoms with Crippen molar-refractivity contribution in [2.75, 3.05) is 20.1 Å². The lowest BCUT2D eigenvalue weighted by molar-refractivity contribution is -0.923. The molecule has 1 aromatic rings. The standard InChI is InChI=1S/C39H74N.ClH/c1-4-6-8-10-12-14-16-17-18-19-20-22-24-26-28-33-37-40(3,38-39-34-30-29-31-35-39)36-32-27-25-23-21-15-13-11-9-7-5-2;/h29-31,34-35H,4-28,32-33,36-38H2,1-3H3;1H/q+1;/p-1. The van der Waals surface area contributed by atoms with E-state index in [4.69, 9.17) is 0 Å². The molecular weight excluding hydrogens is 518 g/mol. The molecule has 0 aliphatic carbocycles. The van der Waals surface area contributed by atoms with Crippen molar-refractivity contribution in [3.05, 3.63) is 35.9 Å². The van der Waals surface area contributed by atoms with Gasteiger partial charge in [-0.3, -0.25) is 0 Å². The number of nitrogens with zero attached hydrogens (tertiary/aromatic N) is 1. The van der Waals surface area contributed by atoms with Crippen LogP contribution >= 0.6 is 0 Å². The Balaban J connectivity index is 0.0000160. The Kier molecular flexibility index (Phi) is 30.5. The Labute approximate surface area is 266 Å². The number of hydrogen-bond donors (Lipinski definition) is 0. The molecule has 0 saturated heterocycles. The molecule has 1 atom stereocenters. The first-order valence-electron chi connectivity index (χ1n) is 18.6. The minimum absolute atomic E-state index is 0. The van der Waals surface area contributed by atoms with Gasteiger partial charge in [0.2, 0.25) is 0 Å². The number of hydrogen-bond acceptors (Lipinski definition) is 0. The Hall–Kier alpha value is -0.530. The minimum Gasteiger partial charge on any atom is -1.00 e. The summed E-state index contributed by atoms with van der Waals surface area (Å²) in [7, 11) is 2.54. The van der Waals surface area contributed by atoms with Crippen LogP contribution in [-0.4, -0.2) is 24.6 Å². The summed E-state index contributed by atoms with van der Waals surface area (Å²) in [5, 5.41) is 0. The van der Waals surface area contributed by atoms with Crippen molar-refractivity contribution in [1.82, 2.24) is 0 Å². The summed E-state index contributed by atoms with van der Waals surface area (Å²) in [6.07, 6.45) is 39.1. The molecule has 41 heavy (non-hydrogen) atoms. The molecule has 1 rings (SSSR count). The zero-order valence-electron chi connectivity index (χ0n) is 28.4. The third-order valence-corrected chi connectivity index (χ3v) is 9.26. The molecule has 242 valence electrons. The Morgan fingerprint density at radius 3 is 0.951 bits per heavy atom. The number of benzene rings is 1. The van der Waals surface area contributed by atoms with E-state index < -0.39 is 0 Å². The molecule has 1 nitrogen and oxygen atoms in total. The Morgan fingerprint density at radius 2 is 0.659 bits per heavy atom. The van der Waals surface area contributed by atoms with Crippen molar-refractivity contribution < 1.29 is 16.9 Å². The lowest BCUT2D eigenvalue weighted by Crippen LogP contribution is -3.00. The predicted octanol–water partition coefficient (Wildman–Crippen LogP) is 10.2. The minimum atomic E-state index is 0. The molecule has 2 heteroatoms. The van der Waals surface area contributed by atoms with Gasteiger partial charge < -0.3 is 16.9 Å². The normalized spacial score (nSPS) is 12.8. The molecular formula is C39H74ClN. The topological polar surface area (TPSA) is 0 Å². The summed E-state index contributed by atoms with van der Waals surface area (Å²) in [6, 6.07) is 11.3. The van der Waals surface area contributed by atoms with E-state index in [2.05, 4.69) is 51.2 Å². The molecule has 0 bridgehead atoms. The highest BCUT2D eigenvalue weighted by molar-refractivity contribution is 5.13. The van der Waals surface area contributed by atoms with Gasteiger partial charge in [0.05, 0.1) is 20.1 Å². The maximum absolute atomic E-state index is 2.54. The van der Waals surface area contributed by atoms with Crippen LogP contribution in [0, 0.1) is 0 Å². The molecule has 0 heterocycles. The van der Waals surface area contributed by atoms with Gasteiger partial charge in [-0.25, -0.2) is 0 Å². The molecule has 0 N–H and O–H groups in total. The SMILES string of the molecule is CCCCCCCCCCCCCCCCCC[N+](C)(CCCCCCCCCCCCC)Cc1ccccc1.[Cl-]. The fraction of sp³-hybridized carbons (Fsp3) is 0.846. The van der Waals surface area contributed by atoms with Crippen LogP contribution in [0.3, 0.4) is 0 Å². The summed E-state index contributed by atoms with van der Waals surface area (Å²) in [4.78, 5) is 0. The van der Waals surface area contributed by atoms with E-state index in [0.717, 1.165) is 0 Å². The first-order chi connectivity index (χ1) is 19.7. The van der Waals surface area contributed by atoms with Gasteiger partial charge in [0.15, 0.2) is 0 Å². The second-order valence-electron chi connectivity index (χ2n) is 13.5. The van der Waals surface area contributed by atoms with E-state index in [1.165, 1.54) is 203 Å². The van der Waals surface area contributed by atoms with Gasteiger partial charge in [0.1, 0.15) is 6.54 Å². The van der Waals surface area contributed by atoms with Crippen LogP contribution in [0.5, 0.6) is 0 Å². The van der Waals surface area contributed by atoms with Gasteiger partial charge in [0, 0.05) is 5.56 Å². The van der Waals surface area contributed by atoms with Crippen LogP contribution in [0.15, 0.2) is 30.3 Å². The highest BCUT2D eigenvalue weighted by Gasteiger charge is 2.21. The zero-order chi connectivity index (χ0) is 28.8. The number of quaternary nitrogens is 1. The van der Waals surface area contributed by atoms with Crippen LogP contribution in [0.25, 0.3) is 0 Å². The smallest absolute Gasteiger partial charge is 0.104 e. The molecule has 1 aromatic carbocycles. The van der Waals surface area contributed by atoms with Crippen molar-refractivity contribution in [2.45, 2.75) is 194 Å². The van der Waals surface area contributed by atoms with E-state index in [-0.39, 0.29) is 12.4 Å². The quantitative estimate of drug-likeness (QED) is 0.0595. The number of rotatable bonds is 31. The first-order valence-corrected chi connectivity index (χ1v) is 18.6. The molecule has 0 aliphatic rings. The van der Waals surface area contributed by atoms with E-state index >= 15 is 0 Å². The molecule has 0 fully saturated rings. The van der Waals surface area contributed by atoms with Crippen molar-refractivity contribution >= 4 is 0 Å². The molecule has 0 radical (unpaired) electrons. The maximum Gasteiger partial charge on any atom is 0.104 e. The highest BCUT2D eigenvalue weighted by Crippen LogP contribution is 2.19. The van der Waals surface area contributed by atoms with Gasteiger partial charge in [-0.2, -0.15) is 0 Å². The van der Waals surface area contributed by atoms with Gasteiger partial charge in [-0.15, -0.1) is 0 Å². The third-order valence-electron chi connectivity index (χ3n) is 9.26. The second kappa shape index (κ2) is 30.9. The van der Waals surface area contributed by atoms with E-state index in [9.17, 15) is 0 Å². The highest BCUT2D eigenvalue weighted by atomic mass is 35.5. The lowest BCUT2D eigenvalue weighted by atomic mass is 10.0. The van der Waals surface area contributed by atoms with Crippen molar-refractivity contribution in [2.24, 2.45) is 0 Å². The van der Waals surface area contributed by atoms with Gasteiger partial charge in [-0.05, 0) is 25.7 Å². The fourth-order valence-electron chi connectivity index (χ4n) is 6.49. The summed E-state index contributed by atoms with van der Waals surface area (Å²) in [6.45, 7) is 8.53. The average molecular weight is 592 g/mol. The van der Waals surface area contributed by atoms with E-state index in [0.29, 0.717) is 0 Å². The van der Waals surface area contributed by atoms with Crippen molar-refractivity contribution in [3.8, 4) is 0 Å². The van der Waals surface area contributed by atoms with Crippen LogP contribution in [-0.2, 0) is 6.54 Å². The predicted molar refractivity (Wildman–Crippen MR) is 182 cm³/mol. The Morgan fingerprint density at radius 1 is 0.390 bits per heavy atom. The third kappa shape index (κ3) is 26.8. The first kappa shape index (κ1) is 40.5. The monoisotopic (exact) mass is 592 g/mol. The molecule has 0 saturated carbocycles. The maximum atomic E-state index is 2.54. The summed E-state index contributed by atoms with van der Waals surface area (Å²) in [5.74, 6) is 0. The molecule has 0 amide bonds. The molecule has 0 aromatic heterocycles. The van der Waals surface area contributed by atoms with Crippen LogP contribution in [0.4, 0.5) is 0 Å². The van der Waals surface area contributed by atoms with Crippen LogP contribution in [0.2, 0.25) is 0 Å². The second-order valence-corrected chi connectivity index (χ2v) is 13.5. The molecule has 0 aliphatic heterocycles. The zero-order valence-corrected chi connectivity index (χ0v) is 29.2. The molecule has 1 unspecified atom stereocenters. The van der Waals surface area contributed by atoms with Gasteiger partial charge in [0.25, 0.3) is 0 Å². The van der Waals surface area contributed by atoms with Crippen molar-refractivity contribution in [1.29, 1.82) is 0 Å². The van der Waals surface area contributed by atoms with Gasteiger partial charge in [-0.1, -0.05) is 192 Å². The molecule has 0 spiro atoms. The Bertz CT molecular complexity index is 617. The number of halogens is 1. The number of unbranched alkanes of at least 4 members (excludes halogenated alkanes) is 25. The summed E-state index contributed by atoms with van der Waals surface area (Å²) >= 11 is 0. The lowest BCUT2D eigenvalue weighted by Gasteiger charge is -2.35. The fourth-order valence-corrected chi connectivity index (χ4v) is 6.49.